The number of halogens is 1. The lowest BCUT2D eigenvalue weighted by Crippen LogP contribution is -2.49. The average Bonchev–Trinajstić information content (AvgIpc) is 2.99. The molecule has 1 aliphatic heterocycles. The van der Waals surface area contributed by atoms with Crippen molar-refractivity contribution in [3.63, 3.8) is 0 Å². The van der Waals surface area contributed by atoms with Gasteiger partial charge in [-0.05, 0) is 24.3 Å². The quantitative estimate of drug-likeness (QED) is 0.855. The van der Waals surface area contributed by atoms with E-state index in [-0.39, 0.29) is 11.7 Å². The standard InChI is InChI=1S/C16H19FN4O2/c1-12-18-19-15(23-12)6-7-20-8-10-21(11-9-20)16(22)13-2-4-14(17)5-3-13/h2-5H,6-11H2,1H3. The summed E-state index contributed by atoms with van der Waals surface area (Å²) in [4.78, 5) is 16.4. The molecule has 0 bridgehead atoms. The van der Waals surface area contributed by atoms with Crippen molar-refractivity contribution in [3.05, 3.63) is 47.4 Å². The number of amides is 1. The van der Waals surface area contributed by atoms with Gasteiger partial charge in [-0.15, -0.1) is 10.2 Å². The summed E-state index contributed by atoms with van der Waals surface area (Å²) in [5, 5.41) is 7.79. The molecule has 1 aromatic carbocycles. The lowest BCUT2D eigenvalue weighted by Gasteiger charge is -2.34. The first-order valence-electron chi connectivity index (χ1n) is 7.68. The Morgan fingerprint density at radius 1 is 1.17 bits per heavy atom. The zero-order valence-electron chi connectivity index (χ0n) is 13.0. The number of benzene rings is 1. The zero-order valence-corrected chi connectivity index (χ0v) is 13.0. The first kappa shape index (κ1) is 15.6. The van der Waals surface area contributed by atoms with Gasteiger partial charge >= 0.3 is 0 Å². The van der Waals surface area contributed by atoms with Crippen LogP contribution in [0.25, 0.3) is 0 Å². The molecular formula is C16H19FN4O2. The molecule has 0 radical (unpaired) electrons. The Bertz CT molecular complexity index is 663. The third-order valence-corrected chi connectivity index (χ3v) is 3.96. The van der Waals surface area contributed by atoms with Crippen molar-refractivity contribution in [2.24, 2.45) is 0 Å². The van der Waals surface area contributed by atoms with Crippen LogP contribution in [0, 0.1) is 12.7 Å². The van der Waals surface area contributed by atoms with E-state index < -0.39 is 0 Å². The highest BCUT2D eigenvalue weighted by atomic mass is 19.1. The van der Waals surface area contributed by atoms with E-state index in [1.165, 1.54) is 24.3 Å². The van der Waals surface area contributed by atoms with E-state index in [9.17, 15) is 9.18 Å². The molecule has 2 heterocycles. The Labute approximate surface area is 133 Å². The zero-order chi connectivity index (χ0) is 16.2. The smallest absolute Gasteiger partial charge is 0.253 e. The van der Waals surface area contributed by atoms with Crippen LogP contribution < -0.4 is 0 Å². The second kappa shape index (κ2) is 6.87. The fraction of sp³-hybridized carbons (Fsp3) is 0.438. The van der Waals surface area contributed by atoms with Gasteiger partial charge in [-0.1, -0.05) is 0 Å². The summed E-state index contributed by atoms with van der Waals surface area (Å²) in [5.41, 5.74) is 0.529. The molecule has 0 atom stereocenters. The molecule has 3 rings (SSSR count). The maximum absolute atomic E-state index is 12.9. The van der Waals surface area contributed by atoms with Crippen LogP contribution in [0.5, 0.6) is 0 Å². The van der Waals surface area contributed by atoms with E-state index in [1.54, 1.807) is 11.8 Å². The van der Waals surface area contributed by atoms with Crippen LogP contribution in [0.15, 0.2) is 28.7 Å². The molecule has 122 valence electrons. The minimum Gasteiger partial charge on any atom is -0.426 e. The van der Waals surface area contributed by atoms with Crippen LogP contribution in [-0.2, 0) is 6.42 Å². The van der Waals surface area contributed by atoms with Gasteiger partial charge in [0.2, 0.25) is 11.8 Å². The highest BCUT2D eigenvalue weighted by Crippen LogP contribution is 2.10. The van der Waals surface area contributed by atoms with Gasteiger partial charge in [-0.25, -0.2) is 4.39 Å². The number of piperazine rings is 1. The summed E-state index contributed by atoms with van der Waals surface area (Å²) in [7, 11) is 0. The minimum absolute atomic E-state index is 0.0443. The van der Waals surface area contributed by atoms with Crippen molar-refractivity contribution >= 4 is 5.91 Å². The molecular weight excluding hydrogens is 299 g/mol. The first-order valence-corrected chi connectivity index (χ1v) is 7.68. The highest BCUT2D eigenvalue weighted by molar-refractivity contribution is 5.94. The van der Waals surface area contributed by atoms with Crippen molar-refractivity contribution in [2.75, 3.05) is 32.7 Å². The number of rotatable bonds is 4. The van der Waals surface area contributed by atoms with E-state index in [2.05, 4.69) is 15.1 Å². The van der Waals surface area contributed by atoms with Crippen LogP contribution in [0.3, 0.4) is 0 Å². The van der Waals surface area contributed by atoms with Crippen molar-refractivity contribution in [3.8, 4) is 0 Å². The van der Waals surface area contributed by atoms with E-state index >= 15 is 0 Å². The van der Waals surface area contributed by atoms with Crippen molar-refractivity contribution in [1.29, 1.82) is 0 Å². The van der Waals surface area contributed by atoms with E-state index in [0.29, 0.717) is 36.9 Å². The Hall–Kier alpha value is -2.28. The van der Waals surface area contributed by atoms with Gasteiger partial charge in [0.05, 0.1) is 0 Å². The number of carbonyl (C=O) groups is 1. The van der Waals surface area contributed by atoms with Gasteiger partial charge < -0.3 is 9.32 Å². The van der Waals surface area contributed by atoms with Crippen molar-refractivity contribution in [2.45, 2.75) is 13.3 Å². The normalized spacial score (nSPS) is 15.8. The largest absolute Gasteiger partial charge is 0.426 e. The Morgan fingerprint density at radius 2 is 1.87 bits per heavy atom. The van der Waals surface area contributed by atoms with E-state index in [0.717, 1.165) is 19.6 Å². The maximum atomic E-state index is 12.9. The molecule has 1 aliphatic rings. The minimum atomic E-state index is -0.331. The molecule has 0 saturated carbocycles. The van der Waals surface area contributed by atoms with Gasteiger partial charge in [0, 0.05) is 51.6 Å². The summed E-state index contributed by atoms with van der Waals surface area (Å²) < 4.78 is 18.3. The van der Waals surface area contributed by atoms with Gasteiger partial charge in [0.15, 0.2) is 0 Å². The number of carbonyl (C=O) groups excluding carboxylic acids is 1. The third-order valence-electron chi connectivity index (χ3n) is 3.96. The lowest BCUT2D eigenvalue weighted by molar-refractivity contribution is 0.0636. The molecule has 6 nitrogen and oxygen atoms in total. The van der Waals surface area contributed by atoms with Crippen molar-refractivity contribution < 1.29 is 13.6 Å². The molecule has 0 N–H and O–H groups in total. The summed E-state index contributed by atoms with van der Waals surface area (Å²) >= 11 is 0. The number of aromatic nitrogens is 2. The second-order valence-electron chi connectivity index (χ2n) is 5.61. The first-order chi connectivity index (χ1) is 11.1. The van der Waals surface area contributed by atoms with Crippen LogP contribution in [0.1, 0.15) is 22.1 Å². The third kappa shape index (κ3) is 3.92. The van der Waals surface area contributed by atoms with Crippen LogP contribution in [0.2, 0.25) is 0 Å². The fourth-order valence-corrected chi connectivity index (χ4v) is 2.64. The molecule has 2 aromatic rings. The number of hydrogen-bond acceptors (Lipinski definition) is 5. The average molecular weight is 318 g/mol. The van der Waals surface area contributed by atoms with E-state index in [4.69, 9.17) is 4.42 Å². The lowest BCUT2D eigenvalue weighted by atomic mass is 10.1. The Kier molecular flexibility index (Phi) is 4.66. The summed E-state index contributed by atoms with van der Waals surface area (Å²) in [6.45, 7) is 5.55. The van der Waals surface area contributed by atoms with Gasteiger partial charge in [-0.2, -0.15) is 0 Å². The highest BCUT2D eigenvalue weighted by Gasteiger charge is 2.22. The Morgan fingerprint density at radius 3 is 2.48 bits per heavy atom. The SMILES string of the molecule is Cc1nnc(CCN2CCN(C(=O)c3ccc(F)cc3)CC2)o1. The van der Waals surface area contributed by atoms with Crippen LogP contribution >= 0.6 is 0 Å². The van der Waals surface area contributed by atoms with Crippen LogP contribution in [-0.4, -0.2) is 58.6 Å². The maximum Gasteiger partial charge on any atom is 0.253 e. The van der Waals surface area contributed by atoms with Crippen LogP contribution in [0.4, 0.5) is 4.39 Å². The van der Waals surface area contributed by atoms with Gasteiger partial charge in [-0.3, -0.25) is 9.69 Å². The summed E-state index contributed by atoms with van der Waals surface area (Å²) in [5.74, 6) is 0.849. The molecule has 0 aliphatic carbocycles. The predicted octanol–water partition coefficient (Wildman–Crippen LogP) is 1.52. The molecule has 1 fully saturated rings. The number of aryl methyl sites for hydroxylation is 1. The molecule has 1 aromatic heterocycles. The van der Waals surface area contributed by atoms with E-state index in [1.807, 2.05) is 0 Å². The molecule has 7 heteroatoms. The molecule has 1 saturated heterocycles. The van der Waals surface area contributed by atoms with Crippen molar-refractivity contribution in [1.82, 2.24) is 20.0 Å². The number of nitrogens with zero attached hydrogens (tertiary/aromatic N) is 4. The summed E-state index contributed by atoms with van der Waals surface area (Å²) in [6.07, 6.45) is 0.715. The fourth-order valence-electron chi connectivity index (χ4n) is 2.64. The van der Waals surface area contributed by atoms with Gasteiger partial charge in [0.25, 0.3) is 5.91 Å². The molecule has 0 unspecified atom stereocenters. The molecule has 1 amide bonds. The second-order valence-corrected chi connectivity index (χ2v) is 5.61. The molecule has 0 spiro atoms. The summed E-state index contributed by atoms with van der Waals surface area (Å²) in [6, 6.07) is 5.69. The predicted molar refractivity (Wildman–Crippen MR) is 81.5 cm³/mol. The van der Waals surface area contributed by atoms with Gasteiger partial charge in [0.1, 0.15) is 5.82 Å². The Balaban J connectivity index is 1.48. The molecule has 23 heavy (non-hydrogen) atoms. The monoisotopic (exact) mass is 318 g/mol. The number of hydrogen-bond donors (Lipinski definition) is 0. The topological polar surface area (TPSA) is 62.5 Å².